The van der Waals surface area contributed by atoms with Crippen LogP contribution >= 0.6 is 0 Å². The molecule has 0 spiro atoms. The van der Waals surface area contributed by atoms with E-state index in [4.69, 9.17) is 5.11 Å². The molecule has 1 aromatic carbocycles. The SMILES string of the molecule is CN(Cc1ncc[nH]1)C(=O)C=Cc1ccc(O)cc1. The molecule has 0 atom stereocenters. The second kappa shape index (κ2) is 5.86. The second-order valence-corrected chi connectivity index (χ2v) is 4.16. The van der Waals surface area contributed by atoms with Gasteiger partial charge in [-0.3, -0.25) is 4.79 Å². The molecule has 0 saturated carbocycles. The molecule has 5 nitrogen and oxygen atoms in total. The Hall–Kier alpha value is -2.56. The Bertz CT molecular complexity index is 559. The molecule has 5 heteroatoms. The summed E-state index contributed by atoms with van der Waals surface area (Å²) in [5, 5.41) is 9.16. The van der Waals surface area contributed by atoms with Crippen LogP contribution in [0.4, 0.5) is 0 Å². The van der Waals surface area contributed by atoms with Gasteiger partial charge in [0.15, 0.2) is 0 Å². The van der Waals surface area contributed by atoms with Gasteiger partial charge in [-0.15, -0.1) is 0 Å². The van der Waals surface area contributed by atoms with E-state index in [-0.39, 0.29) is 11.7 Å². The number of carbonyl (C=O) groups excluding carboxylic acids is 1. The van der Waals surface area contributed by atoms with Crippen LogP contribution in [0.2, 0.25) is 0 Å². The van der Waals surface area contributed by atoms with Gasteiger partial charge >= 0.3 is 0 Å². The van der Waals surface area contributed by atoms with Gasteiger partial charge in [-0.05, 0) is 23.8 Å². The molecule has 0 aliphatic rings. The Kier molecular flexibility index (Phi) is 3.97. The molecule has 0 unspecified atom stereocenters. The van der Waals surface area contributed by atoms with Gasteiger partial charge in [-0.1, -0.05) is 12.1 Å². The monoisotopic (exact) mass is 257 g/mol. The first-order chi connectivity index (χ1) is 9.15. The number of amides is 1. The predicted octanol–water partition coefficient (Wildman–Crippen LogP) is 1.79. The number of likely N-dealkylation sites (N-methyl/N-ethyl adjacent to an activating group) is 1. The lowest BCUT2D eigenvalue weighted by molar-refractivity contribution is -0.125. The van der Waals surface area contributed by atoms with Gasteiger partial charge in [0.25, 0.3) is 0 Å². The molecule has 19 heavy (non-hydrogen) atoms. The van der Waals surface area contributed by atoms with E-state index in [1.165, 1.54) is 6.08 Å². The number of nitrogens with zero attached hydrogens (tertiary/aromatic N) is 2. The maximum absolute atomic E-state index is 11.9. The minimum Gasteiger partial charge on any atom is -0.508 e. The van der Waals surface area contributed by atoms with Gasteiger partial charge in [0, 0.05) is 25.5 Å². The van der Waals surface area contributed by atoms with E-state index in [1.807, 2.05) is 0 Å². The van der Waals surface area contributed by atoms with Crippen LogP contribution in [0, 0.1) is 0 Å². The molecule has 0 aliphatic heterocycles. The van der Waals surface area contributed by atoms with Crippen molar-refractivity contribution in [3.05, 3.63) is 54.1 Å². The molecule has 0 aliphatic carbocycles. The third kappa shape index (κ3) is 3.70. The molecule has 98 valence electrons. The van der Waals surface area contributed by atoms with Gasteiger partial charge in [0.1, 0.15) is 11.6 Å². The summed E-state index contributed by atoms with van der Waals surface area (Å²) in [5.41, 5.74) is 0.859. The van der Waals surface area contributed by atoms with Crippen LogP contribution in [0.3, 0.4) is 0 Å². The Morgan fingerprint density at radius 1 is 1.42 bits per heavy atom. The highest BCUT2D eigenvalue weighted by Gasteiger charge is 2.06. The lowest BCUT2D eigenvalue weighted by atomic mass is 10.2. The van der Waals surface area contributed by atoms with Crippen LogP contribution in [-0.4, -0.2) is 32.9 Å². The van der Waals surface area contributed by atoms with Crippen molar-refractivity contribution in [1.29, 1.82) is 0 Å². The summed E-state index contributed by atoms with van der Waals surface area (Å²) < 4.78 is 0. The standard InChI is InChI=1S/C14H15N3O2/c1-17(10-13-15-8-9-16-13)14(19)7-4-11-2-5-12(18)6-3-11/h2-9,18H,10H2,1H3,(H,15,16). The number of phenols is 1. The molecule has 2 aromatic rings. The fourth-order valence-corrected chi connectivity index (χ4v) is 1.57. The van der Waals surface area contributed by atoms with Gasteiger partial charge in [-0.2, -0.15) is 0 Å². The molecule has 0 saturated heterocycles. The quantitative estimate of drug-likeness (QED) is 0.820. The van der Waals surface area contributed by atoms with Crippen LogP contribution < -0.4 is 0 Å². The fraction of sp³-hybridized carbons (Fsp3) is 0.143. The first-order valence-electron chi connectivity index (χ1n) is 5.85. The van der Waals surface area contributed by atoms with E-state index in [2.05, 4.69) is 9.97 Å². The van der Waals surface area contributed by atoms with Crippen molar-refractivity contribution in [1.82, 2.24) is 14.9 Å². The summed E-state index contributed by atoms with van der Waals surface area (Å²) in [5.74, 6) is 0.844. The zero-order chi connectivity index (χ0) is 13.7. The van der Waals surface area contributed by atoms with E-state index in [1.54, 1.807) is 54.7 Å². The number of carbonyl (C=O) groups is 1. The average Bonchev–Trinajstić information content (AvgIpc) is 2.90. The Morgan fingerprint density at radius 3 is 2.79 bits per heavy atom. The van der Waals surface area contributed by atoms with Crippen molar-refractivity contribution in [3.63, 3.8) is 0 Å². The highest BCUT2D eigenvalue weighted by Crippen LogP contribution is 2.11. The lowest BCUT2D eigenvalue weighted by Gasteiger charge is -2.12. The minimum atomic E-state index is -0.107. The van der Waals surface area contributed by atoms with E-state index in [0.29, 0.717) is 6.54 Å². The number of aromatic amines is 1. The maximum atomic E-state index is 11.9. The van der Waals surface area contributed by atoms with E-state index in [9.17, 15) is 4.79 Å². The number of hydrogen-bond donors (Lipinski definition) is 2. The van der Waals surface area contributed by atoms with Gasteiger partial charge in [0.2, 0.25) is 5.91 Å². The normalized spacial score (nSPS) is 10.8. The van der Waals surface area contributed by atoms with Gasteiger partial charge in [0.05, 0.1) is 6.54 Å². The zero-order valence-electron chi connectivity index (χ0n) is 10.6. The number of aromatic hydroxyl groups is 1. The third-order valence-corrected chi connectivity index (χ3v) is 2.63. The highest BCUT2D eigenvalue weighted by atomic mass is 16.3. The summed E-state index contributed by atoms with van der Waals surface area (Å²) in [6.45, 7) is 0.436. The minimum absolute atomic E-state index is 0.107. The molecular weight excluding hydrogens is 242 g/mol. The molecule has 0 fully saturated rings. The number of H-pyrrole nitrogens is 1. The summed E-state index contributed by atoms with van der Waals surface area (Å²) in [6, 6.07) is 6.64. The number of benzene rings is 1. The highest BCUT2D eigenvalue weighted by molar-refractivity contribution is 5.91. The Morgan fingerprint density at radius 2 is 2.16 bits per heavy atom. The van der Waals surface area contributed by atoms with Gasteiger partial charge in [-0.25, -0.2) is 4.98 Å². The average molecular weight is 257 g/mol. The second-order valence-electron chi connectivity index (χ2n) is 4.16. The van der Waals surface area contributed by atoms with Crippen molar-refractivity contribution >= 4 is 12.0 Å². The molecule has 1 aromatic heterocycles. The molecular formula is C14H15N3O2. The van der Waals surface area contributed by atoms with Crippen molar-refractivity contribution < 1.29 is 9.90 Å². The Labute approximate surface area is 111 Å². The lowest BCUT2D eigenvalue weighted by Crippen LogP contribution is -2.24. The molecule has 0 radical (unpaired) electrons. The van der Waals surface area contributed by atoms with Crippen LogP contribution in [0.5, 0.6) is 5.75 Å². The summed E-state index contributed by atoms with van der Waals surface area (Å²) in [7, 11) is 1.71. The van der Waals surface area contributed by atoms with E-state index < -0.39 is 0 Å². The fourth-order valence-electron chi connectivity index (χ4n) is 1.57. The molecule has 1 amide bonds. The number of rotatable bonds is 4. The first kappa shape index (κ1) is 12.9. The maximum Gasteiger partial charge on any atom is 0.246 e. The zero-order valence-corrected chi connectivity index (χ0v) is 10.6. The molecule has 1 heterocycles. The number of imidazole rings is 1. The molecule has 2 N–H and O–H groups in total. The number of aromatic nitrogens is 2. The first-order valence-corrected chi connectivity index (χ1v) is 5.85. The third-order valence-electron chi connectivity index (χ3n) is 2.63. The number of nitrogens with one attached hydrogen (secondary N) is 1. The van der Waals surface area contributed by atoms with E-state index >= 15 is 0 Å². The van der Waals surface area contributed by atoms with E-state index in [0.717, 1.165) is 11.4 Å². The van der Waals surface area contributed by atoms with Crippen molar-refractivity contribution in [3.8, 4) is 5.75 Å². The smallest absolute Gasteiger partial charge is 0.246 e. The van der Waals surface area contributed by atoms with Crippen molar-refractivity contribution in [2.75, 3.05) is 7.05 Å². The largest absolute Gasteiger partial charge is 0.508 e. The number of phenolic OH excluding ortho intramolecular Hbond substituents is 1. The van der Waals surface area contributed by atoms with Crippen LogP contribution in [0.25, 0.3) is 6.08 Å². The van der Waals surface area contributed by atoms with Gasteiger partial charge < -0.3 is 15.0 Å². The summed E-state index contributed by atoms with van der Waals surface area (Å²) in [6.07, 6.45) is 6.58. The van der Waals surface area contributed by atoms with Crippen LogP contribution in [-0.2, 0) is 11.3 Å². The topological polar surface area (TPSA) is 69.2 Å². The molecule has 0 bridgehead atoms. The number of hydrogen-bond acceptors (Lipinski definition) is 3. The summed E-state index contributed by atoms with van der Waals surface area (Å²) in [4.78, 5) is 20.4. The van der Waals surface area contributed by atoms with Crippen molar-refractivity contribution in [2.45, 2.75) is 6.54 Å². The van der Waals surface area contributed by atoms with Crippen LogP contribution in [0.1, 0.15) is 11.4 Å². The molecule has 2 rings (SSSR count). The van der Waals surface area contributed by atoms with Crippen molar-refractivity contribution in [2.24, 2.45) is 0 Å². The van der Waals surface area contributed by atoms with Crippen LogP contribution in [0.15, 0.2) is 42.7 Å². The Balaban J connectivity index is 1.94. The summed E-state index contributed by atoms with van der Waals surface area (Å²) >= 11 is 0. The predicted molar refractivity (Wildman–Crippen MR) is 72.2 cm³/mol.